The van der Waals surface area contributed by atoms with Crippen molar-refractivity contribution in [3.8, 4) is 11.1 Å². The molecule has 6 aromatic rings. The number of benzene rings is 5. The topological polar surface area (TPSA) is 0 Å². The molecule has 0 saturated heterocycles. The maximum atomic E-state index is 3.89. The number of thiophene rings is 1. The van der Waals surface area contributed by atoms with Gasteiger partial charge in [-0.15, -0.1) is 34.9 Å². The third-order valence-corrected chi connectivity index (χ3v) is 9.80. The molecule has 169 valence electrons. The molecule has 0 aliphatic heterocycles. The largest absolute Gasteiger partial charge is 0.134 e. The molecular formula is C32H23S3. The van der Waals surface area contributed by atoms with Gasteiger partial charge in [-0.2, -0.15) is 0 Å². The van der Waals surface area contributed by atoms with Crippen LogP contribution in [0.1, 0.15) is 11.1 Å². The van der Waals surface area contributed by atoms with Crippen molar-refractivity contribution in [1.29, 1.82) is 0 Å². The van der Waals surface area contributed by atoms with E-state index in [9.17, 15) is 0 Å². The summed E-state index contributed by atoms with van der Waals surface area (Å²) in [5.41, 5.74) is 5.12. The number of fused-ring (bicyclic) bond motifs is 3. The number of thioether (sulfide) groups is 2. The first-order valence-electron chi connectivity index (χ1n) is 11.7. The lowest BCUT2D eigenvalue weighted by Crippen LogP contribution is -1.91. The van der Waals surface area contributed by atoms with Gasteiger partial charge in [-0.25, -0.2) is 0 Å². The number of hydrogen-bond donors (Lipinski definition) is 0. The molecule has 0 fully saturated rings. The maximum absolute atomic E-state index is 3.89. The van der Waals surface area contributed by atoms with Gasteiger partial charge in [0.1, 0.15) is 0 Å². The minimum atomic E-state index is 0.934. The molecule has 0 aliphatic rings. The smallest absolute Gasteiger partial charge is 0.0509 e. The molecule has 0 aliphatic carbocycles. The Labute approximate surface area is 219 Å². The fraction of sp³-hybridized carbons (Fsp3) is 0.0625. The molecule has 1 radical (unpaired) electrons. The van der Waals surface area contributed by atoms with E-state index in [1.54, 1.807) is 0 Å². The molecule has 0 atom stereocenters. The summed E-state index contributed by atoms with van der Waals surface area (Å²) in [6.45, 7) is 0. The van der Waals surface area contributed by atoms with Crippen LogP contribution < -0.4 is 0 Å². The van der Waals surface area contributed by atoms with E-state index in [4.69, 9.17) is 0 Å². The lowest BCUT2D eigenvalue weighted by molar-refractivity contribution is 1.28. The highest BCUT2D eigenvalue weighted by atomic mass is 32.2. The quantitative estimate of drug-likeness (QED) is 0.199. The maximum Gasteiger partial charge on any atom is 0.0509 e. The second-order valence-electron chi connectivity index (χ2n) is 8.38. The summed E-state index contributed by atoms with van der Waals surface area (Å²) < 4.78 is 2.67. The van der Waals surface area contributed by atoms with E-state index in [-0.39, 0.29) is 0 Å². The predicted molar refractivity (Wildman–Crippen MR) is 156 cm³/mol. The summed E-state index contributed by atoms with van der Waals surface area (Å²) in [7, 11) is 0. The van der Waals surface area contributed by atoms with Gasteiger partial charge in [0.15, 0.2) is 0 Å². The van der Waals surface area contributed by atoms with Crippen LogP contribution in [0, 0.1) is 6.07 Å². The Morgan fingerprint density at radius 2 is 1.11 bits per heavy atom. The van der Waals surface area contributed by atoms with Gasteiger partial charge in [-0.05, 0) is 22.8 Å². The summed E-state index contributed by atoms with van der Waals surface area (Å²) in [4.78, 5) is 2.71. The highest BCUT2D eigenvalue weighted by Gasteiger charge is 2.20. The van der Waals surface area contributed by atoms with E-state index < -0.39 is 0 Å². The number of hydrogen-bond acceptors (Lipinski definition) is 3. The second kappa shape index (κ2) is 10.3. The molecule has 0 saturated carbocycles. The predicted octanol–water partition coefficient (Wildman–Crippen LogP) is 10.1. The van der Waals surface area contributed by atoms with Gasteiger partial charge in [0, 0.05) is 48.4 Å². The average Bonchev–Trinajstić information content (AvgIpc) is 3.30. The molecule has 1 aromatic heterocycles. The van der Waals surface area contributed by atoms with Crippen LogP contribution >= 0.6 is 34.9 Å². The van der Waals surface area contributed by atoms with E-state index in [1.807, 2.05) is 34.9 Å². The Kier molecular flexibility index (Phi) is 6.64. The minimum absolute atomic E-state index is 0.934. The molecule has 0 N–H and O–H groups in total. The van der Waals surface area contributed by atoms with Crippen LogP contribution in [0.2, 0.25) is 0 Å². The number of rotatable bonds is 7. The third-order valence-electron chi connectivity index (χ3n) is 6.00. The highest BCUT2D eigenvalue weighted by molar-refractivity contribution is 8.01. The lowest BCUT2D eigenvalue weighted by Gasteiger charge is -2.16. The zero-order chi connectivity index (χ0) is 23.5. The zero-order valence-corrected chi connectivity index (χ0v) is 21.6. The molecule has 3 heteroatoms. The van der Waals surface area contributed by atoms with Crippen LogP contribution in [0.25, 0.3) is 31.3 Å². The lowest BCUT2D eigenvalue weighted by atomic mass is 10.0. The molecule has 0 amide bonds. The van der Waals surface area contributed by atoms with Crippen LogP contribution in [0.4, 0.5) is 0 Å². The van der Waals surface area contributed by atoms with E-state index in [0.717, 1.165) is 11.5 Å². The van der Waals surface area contributed by atoms with E-state index >= 15 is 0 Å². The Hall–Kier alpha value is -2.98. The summed E-state index contributed by atoms with van der Waals surface area (Å²) in [6.07, 6.45) is 0. The monoisotopic (exact) mass is 503 g/mol. The van der Waals surface area contributed by atoms with Crippen molar-refractivity contribution >= 4 is 55.0 Å². The Morgan fingerprint density at radius 3 is 1.77 bits per heavy atom. The van der Waals surface area contributed by atoms with Crippen LogP contribution in [0.15, 0.2) is 125 Å². The minimum Gasteiger partial charge on any atom is -0.134 e. The zero-order valence-electron chi connectivity index (χ0n) is 19.1. The van der Waals surface area contributed by atoms with E-state index in [2.05, 4.69) is 121 Å². The second-order valence-corrected chi connectivity index (χ2v) is 11.4. The summed E-state index contributed by atoms with van der Waals surface area (Å²) in [6, 6.07) is 45.0. The normalized spacial score (nSPS) is 11.3. The molecule has 0 nitrogen and oxygen atoms in total. The van der Waals surface area contributed by atoms with Crippen LogP contribution in [0.5, 0.6) is 0 Å². The standard InChI is InChI=1S/C32H23S3/c1-4-12-23(13-5-1)21-33-30-27(25-16-8-3-9-17-25)20-28-26-18-10-11-19-29(26)35-31(28)32(30)34-22-24-14-6-2-7-15-24/h1-19H,21-22H2. The SMILES string of the molecule is [c]1c(-c2ccccc2)c(SCc2ccccc2)c(SCc2ccccc2)c2sc3ccccc3c12. The van der Waals surface area contributed by atoms with Gasteiger partial charge in [-0.1, -0.05) is 109 Å². The fourth-order valence-electron chi connectivity index (χ4n) is 4.26. The molecule has 0 bridgehead atoms. The molecule has 6 rings (SSSR count). The van der Waals surface area contributed by atoms with Gasteiger partial charge < -0.3 is 0 Å². The molecular weight excluding hydrogens is 481 g/mol. The van der Waals surface area contributed by atoms with E-state index in [0.29, 0.717) is 0 Å². The van der Waals surface area contributed by atoms with Crippen molar-refractivity contribution in [3.63, 3.8) is 0 Å². The Bertz CT molecular complexity index is 1570. The highest BCUT2D eigenvalue weighted by Crippen LogP contribution is 2.49. The van der Waals surface area contributed by atoms with Crippen LogP contribution in [0.3, 0.4) is 0 Å². The van der Waals surface area contributed by atoms with Crippen molar-refractivity contribution in [3.05, 3.63) is 132 Å². The van der Waals surface area contributed by atoms with Gasteiger partial charge in [0.25, 0.3) is 0 Å². The summed E-state index contributed by atoms with van der Waals surface area (Å²) >= 11 is 5.79. The van der Waals surface area contributed by atoms with Gasteiger partial charge in [0.2, 0.25) is 0 Å². The van der Waals surface area contributed by atoms with Gasteiger partial charge >= 0.3 is 0 Å². The molecule has 0 spiro atoms. The molecule has 0 unspecified atom stereocenters. The Balaban J connectivity index is 1.55. The van der Waals surface area contributed by atoms with Crippen molar-refractivity contribution in [2.45, 2.75) is 21.3 Å². The summed E-state index contributed by atoms with van der Waals surface area (Å²) in [5.74, 6) is 1.88. The van der Waals surface area contributed by atoms with Crippen molar-refractivity contribution in [2.24, 2.45) is 0 Å². The first kappa shape index (κ1) is 22.5. The van der Waals surface area contributed by atoms with Gasteiger partial charge in [-0.3, -0.25) is 0 Å². The fourth-order valence-corrected chi connectivity index (χ4v) is 8.11. The first-order valence-corrected chi connectivity index (χ1v) is 14.4. The van der Waals surface area contributed by atoms with Crippen molar-refractivity contribution < 1.29 is 0 Å². The first-order chi connectivity index (χ1) is 17.4. The van der Waals surface area contributed by atoms with Gasteiger partial charge in [0.05, 0.1) is 4.70 Å². The molecule has 5 aromatic carbocycles. The molecule has 1 heterocycles. The van der Waals surface area contributed by atoms with Crippen molar-refractivity contribution in [2.75, 3.05) is 0 Å². The summed E-state index contributed by atoms with van der Waals surface area (Å²) in [5, 5.41) is 2.54. The van der Waals surface area contributed by atoms with E-state index in [1.165, 1.54) is 52.2 Å². The van der Waals surface area contributed by atoms with Crippen LogP contribution in [-0.2, 0) is 11.5 Å². The molecule has 35 heavy (non-hydrogen) atoms. The third kappa shape index (κ3) is 4.77. The Morgan fingerprint density at radius 1 is 0.571 bits per heavy atom. The van der Waals surface area contributed by atoms with Crippen LogP contribution in [-0.4, -0.2) is 0 Å². The van der Waals surface area contributed by atoms with Crippen molar-refractivity contribution in [1.82, 2.24) is 0 Å². The average molecular weight is 504 g/mol.